The fourth-order valence-electron chi connectivity index (χ4n) is 2.59. The number of carbonyl (C=O) groups is 1. The van der Waals surface area contributed by atoms with Crippen LogP contribution in [0.1, 0.15) is 48.6 Å². The maximum Gasteiger partial charge on any atom is 0.261 e. The molecule has 2 atom stereocenters. The molecule has 128 valence electrons. The highest BCUT2D eigenvalue weighted by molar-refractivity contribution is 5.81. The normalized spacial score (nSPS) is 13.2. The van der Waals surface area contributed by atoms with Crippen molar-refractivity contribution >= 4 is 5.91 Å². The number of hydrogen-bond donors (Lipinski definition) is 1. The lowest BCUT2D eigenvalue weighted by Gasteiger charge is -2.22. The maximum absolute atomic E-state index is 12.6. The monoisotopic (exact) mass is 325 g/mol. The van der Waals surface area contributed by atoms with Crippen molar-refractivity contribution in [3.63, 3.8) is 0 Å². The van der Waals surface area contributed by atoms with Crippen LogP contribution in [0, 0.1) is 20.8 Å². The largest absolute Gasteiger partial charge is 0.480 e. The number of benzene rings is 2. The zero-order valence-corrected chi connectivity index (χ0v) is 15.2. The van der Waals surface area contributed by atoms with E-state index in [1.807, 2.05) is 45.0 Å². The quantitative estimate of drug-likeness (QED) is 0.840. The molecule has 24 heavy (non-hydrogen) atoms. The lowest BCUT2D eigenvalue weighted by molar-refractivity contribution is -0.128. The lowest BCUT2D eigenvalue weighted by Crippen LogP contribution is -2.39. The number of aryl methyl sites for hydroxylation is 3. The Morgan fingerprint density at radius 3 is 2.38 bits per heavy atom. The summed E-state index contributed by atoms with van der Waals surface area (Å²) in [5.74, 6) is 0.685. The Hall–Kier alpha value is -2.29. The van der Waals surface area contributed by atoms with Gasteiger partial charge in [0.05, 0.1) is 6.04 Å². The van der Waals surface area contributed by atoms with E-state index in [4.69, 9.17) is 4.74 Å². The number of hydrogen-bond acceptors (Lipinski definition) is 2. The third kappa shape index (κ3) is 4.38. The minimum absolute atomic E-state index is 0.0497. The van der Waals surface area contributed by atoms with E-state index in [0.717, 1.165) is 16.9 Å². The van der Waals surface area contributed by atoms with E-state index in [-0.39, 0.29) is 11.9 Å². The van der Waals surface area contributed by atoms with Crippen LogP contribution < -0.4 is 10.1 Å². The van der Waals surface area contributed by atoms with Crippen LogP contribution in [0.4, 0.5) is 0 Å². The van der Waals surface area contributed by atoms with E-state index in [2.05, 4.69) is 37.4 Å². The van der Waals surface area contributed by atoms with Gasteiger partial charge in [-0.2, -0.15) is 0 Å². The van der Waals surface area contributed by atoms with Crippen LogP contribution in [0.25, 0.3) is 0 Å². The third-order valence-corrected chi connectivity index (χ3v) is 4.42. The Labute approximate surface area is 145 Å². The number of nitrogens with one attached hydrogen (secondary N) is 1. The number of ether oxygens (including phenoxy) is 1. The molecule has 0 aliphatic rings. The summed E-state index contributed by atoms with van der Waals surface area (Å²) < 4.78 is 5.92. The summed E-state index contributed by atoms with van der Waals surface area (Å²) in [5, 5.41) is 3.07. The molecular formula is C21H27NO2. The summed E-state index contributed by atoms with van der Waals surface area (Å²) in [6, 6.07) is 14.0. The zero-order chi connectivity index (χ0) is 17.7. The first-order valence-corrected chi connectivity index (χ1v) is 8.52. The summed E-state index contributed by atoms with van der Waals surface area (Å²) in [7, 11) is 0. The van der Waals surface area contributed by atoms with Crippen molar-refractivity contribution in [2.75, 3.05) is 0 Å². The molecule has 0 saturated carbocycles. The molecule has 0 aromatic heterocycles. The van der Waals surface area contributed by atoms with Crippen LogP contribution in [-0.4, -0.2) is 12.0 Å². The molecule has 0 aliphatic heterocycles. The molecule has 2 aromatic carbocycles. The van der Waals surface area contributed by atoms with Gasteiger partial charge in [0.15, 0.2) is 6.10 Å². The van der Waals surface area contributed by atoms with Gasteiger partial charge in [-0.25, -0.2) is 0 Å². The summed E-state index contributed by atoms with van der Waals surface area (Å²) >= 11 is 0. The van der Waals surface area contributed by atoms with Crippen LogP contribution in [0.5, 0.6) is 5.75 Å². The molecule has 2 rings (SSSR count). The summed E-state index contributed by atoms with van der Waals surface area (Å²) in [6.07, 6.45) is 0.139. The van der Waals surface area contributed by atoms with E-state index in [1.165, 1.54) is 11.1 Å². The van der Waals surface area contributed by atoms with Gasteiger partial charge in [-0.05, 0) is 62.4 Å². The highest BCUT2D eigenvalue weighted by Crippen LogP contribution is 2.20. The van der Waals surface area contributed by atoms with Gasteiger partial charge in [0, 0.05) is 0 Å². The minimum atomic E-state index is -0.486. The summed E-state index contributed by atoms with van der Waals surface area (Å²) in [6.45, 7) is 10.1. The van der Waals surface area contributed by atoms with Crippen molar-refractivity contribution in [2.24, 2.45) is 0 Å². The Bertz CT molecular complexity index is 709. The smallest absolute Gasteiger partial charge is 0.261 e. The molecular weight excluding hydrogens is 298 g/mol. The van der Waals surface area contributed by atoms with E-state index in [9.17, 15) is 4.79 Å². The van der Waals surface area contributed by atoms with Gasteiger partial charge in [-0.3, -0.25) is 4.79 Å². The number of carbonyl (C=O) groups excluding carboxylic acids is 1. The van der Waals surface area contributed by atoms with Crippen LogP contribution in [0.15, 0.2) is 42.5 Å². The highest BCUT2D eigenvalue weighted by Gasteiger charge is 2.21. The summed E-state index contributed by atoms with van der Waals surface area (Å²) in [4.78, 5) is 12.6. The molecule has 0 unspecified atom stereocenters. The second-order valence-electron chi connectivity index (χ2n) is 6.35. The summed E-state index contributed by atoms with van der Waals surface area (Å²) in [5.41, 5.74) is 4.63. The Kier molecular flexibility index (Phi) is 6.02. The molecule has 1 amide bonds. The molecule has 3 nitrogen and oxygen atoms in total. The predicted molar refractivity (Wildman–Crippen MR) is 98.4 cm³/mol. The minimum Gasteiger partial charge on any atom is -0.480 e. The van der Waals surface area contributed by atoms with Crippen molar-refractivity contribution in [1.29, 1.82) is 0 Å². The molecule has 0 spiro atoms. The van der Waals surface area contributed by atoms with Crippen LogP contribution in [-0.2, 0) is 4.79 Å². The van der Waals surface area contributed by atoms with Gasteiger partial charge in [-0.1, -0.05) is 43.3 Å². The van der Waals surface area contributed by atoms with Gasteiger partial charge >= 0.3 is 0 Å². The standard InChI is InChI=1S/C21H27NO2/c1-6-19(24-20-10-8-7-9-15(20)3)21(23)22-17(5)18-12-11-14(2)16(4)13-18/h7-13,17,19H,6H2,1-5H3,(H,22,23)/t17-,19+/m0/s1. The van der Waals surface area contributed by atoms with Crippen LogP contribution >= 0.6 is 0 Å². The Balaban J connectivity index is 2.05. The molecule has 0 heterocycles. The van der Waals surface area contributed by atoms with Gasteiger partial charge in [0.1, 0.15) is 5.75 Å². The SMILES string of the molecule is CC[C@@H](Oc1ccccc1C)C(=O)N[C@@H](C)c1ccc(C)c(C)c1. The van der Waals surface area contributed by atoms with Crippen molar-refractivity contribution in [2.45, 2.75) is 53.2 Å². The maximum atomic E-state index is 12.6. The molecule has 0 radical (unpaired) electrons. The lowest BCUT2D eigenvalue weighted by atomic mass is 10.0. The average Bonchev–Trinajstić information content (AvgIpc) is 2.56. The van der Waals surface area contributed by atoms with Crippen LogP contribution in [0.3, 0.4) is 0 Å². The Morgan fingerprint density at radius 2 is 1.75 bits per heavy atom. The van der Waals surface area contributed by atoms with E-state index in [1.54, 1.807) is 0 Å². The topological polar surface area (TPSA) is 38.3 Å². The molecule has 0 fully saturated rings. The first kappa shape index (κ1) is 18.1. The third-order valence-electron chi connectivity index (χ3n) is 4.42. The first-order chi connectivity index (χ1) is 11.4. The molecule has 0 aliphatic carbocycles. The molecule has 3 heteroatoms. The van der Waals surface area contributed by atoms with E-state index >= 15 is 0 Å². The number of amides is 1. The molecule has 0 bridgehead atoms. The van der Waals surface area contributed by atoms with Gasteiger partial charge in [0.2, 0.25) is 0 Å². The van der Waals surface area contributed by atoms with E-state index < -0.39 is 6.10 Å². The second kappa shape index (κ2) is 8.00. The van der Waals surface area contributed by atoms with Crippen molar-refractivity contribution in [3.8, 4) is 5.75 Å². The van der Waals surface area contributed by atoms with E-state index in [0.29, 0.717) is 6.42 Å². The van der Waals surface area contributed by atoms with Gasteiger partial charge in [-0.15, -0.1) is 0 Å². The molecule has 0 saturated heterocycles. The number of para-hydroxylation sites is 1. The first-order valence-electron chi connectivity index (χ1n) is 8.52. The molecule has 1 N–H and O–H groups in total. The van der Waals surface area contributed by atoms with Crippen molar-refractivity contribution < 1.29 is 9.53 Å². The fraction of sp³-hybridized carbons (Fsp3) is 0.381. The highest BCUT2D eigenvalue weighted by atomic mass is 16.5. The second-order valence-corrected chi connectivity index (χ2v) is 6.35. The van der Waals surface area contributed by atoms with Gasteiger partial charge in [0.25, 0.3) is 5.91 Å². The predicted octanol–water partition coefficient (Wildman–Crippen LogP) is 4.65. The van der Waals surface area contributed by atoms with Crippen LogP contribution in [0.2, 0.25) is 0 Å². The number of rotatable bonds is 6. The Morgan fingerprint density at radius 1 is 1.04 bits per heavy atom. The average molecular weight is 325 g/mol. The fourth-order valence-corrected chi connectivity index (χ4v) is 2.59. The van der Waals surface area contributed by atoms with Gasteiger partial charge < -0.3 is 10.1 Å². The zero-order valence-electron chi connectivity index (χ0n) is 15.2. The van der Waals surface area contributed by atoms with Crippen molar-refractivity contribution in [3.05, 3.63) is 64.7 Å². The van der Waals surface area contributed by atoms with Crippen molar-refractivity contribution in [1.82, 2.24) is 5.32 Å². The molecule has 2 aromatic rings.